The van der Waals surface area contributed by atoms with Crippen LogP contribution in [0.1, 0.15) is 0 Å². The van der Waals surface area contributed by atoms with E-state index in [0.717, 1.165) is 0 Å². The highest BCUT2D eigenvalue weighted by molar-refractivity contribution is 6.24. The van der Waals surface area contributed by atoms with Crippen molar-refractivity contribution in [3.05, 3.63) is 49.1 Å². The van der Waals surface area contributed by atoms with Gasteiger partial charge in [-0.25, -0.2) is 0 Å². The Bertz CT molecular complexity index is 790. The van der Waals surface area contributed by atoms with Gasteiger partial charge in [-0.2, -0.15) is 0 Å². The maximum atomic E-state index is 2.21. The van der Waals surface area contributed by atoms with Gasteiger partial charge in [-0.05, 0) is 24.3 Å². The lowest BCUT2D eigenvalue weighted by Crippen LogP contribution is -1.76. The lowest BCUT2D eigenvalue weighted by Gasteiger charge is -1.97. The quantitative estimate of drug-likeness (QED) is 0.365. The summed E-state index contributed by atoms with van der Waals surface area (Å²) in [5.74, 6) is 0. The summed E-state index contributed by atoms with van der Waals surface area (Å²) in [6.07, 6.45) is 8.57. The molecular weight excluding hydrogens is 196 g/mol. The fourth-order valence-electron chi connectivity index (χ4n) is 3.05. The Hall–Kier alpha value is -2.22. The van der Waals surface area contributed by atoms with Crippen molar-refractivity contribution in [2.45, 2.75) is 0 Å². The van der Waals surface area contributed by atoms with Gasteiger partial charge in [0.05, 0.1) is 11.0 Å². The van der Waals surface area contributed by atoms with Gasteiger partial charge in [0.15, 0.2) is 0 Å². The fourth-order valence-corrected chi connectivity index (χ4v) is 3.05. The van der Waals surface area contributed by atoms with Gasteiger partial charge in [-0.1, -0.05) is 0 Å². The molecule has 0 saturated heterocycles. The minimum atomic E-state index is 1.35. The first kappa shape index (κ1) is 7.12. The Morgan fingerprint density at radius 2 is 0.812 bits per heavy atom. The Kier molecular flexibility index (Phi) is 0.890. The number of benzene rings is 1. The first-order chi connectivity index (χ1) is 7.93. The molecule has 0 N–H and O–H groups in total. The van der Waals surface area contributed by atoms with E-state index in [-0.39, 0.29) is 0 Å². The summed E-state index contributed by atoms with van der Waals surface area (Å²) in [5.41, 5.74) is 2.71. The lowest BCUT2D eigenvalue weighted by atomic mass is 10.1. The molecule has 0 saturated carbocycles. The molecule has 0 aliphatic carbocycles. The number of hydrogen-bond acceptors (Lipinski definition) is 0. The third-order valence-electron chi connectivity index (χ3n) is 3.72. The summed E-state index contributed by atoms with van der Waals surface area (Å²) in [4.78, 5) is 0. The summed E-state index contributed by atoms with van der Waals surface area (Å²) >= 11 is 0. The van der Waals surface area contributed by atoms with Crippen LogP contribution in [0.5, 0.6) is 0 Å². The number of hydrogen-bond donors (Lipinski definition) is 0. The molecule has 1 aromatic carbocycles. The number of aromatic nitrogens is 2. The minimum Gasteiger partial charge on any atom is -0.323 e. The lowest BCUT2D eigenvalue weighted by molar-refractivity contribution is 1.24. The van der Waals surface area contributed by atoms with E-state index >= 15 is 0 Å². The highest BCUT2D eigenvalue weighted by Gasteiger charge is 2.14. The van der Waals surface area contributed by atoms with Crippen LogP contribution >= 0.6 is 0 Å². The molecule has 0 radical (unpaired) electrons. The van der Waals surface area contributed by atoms with E-state index in [9.17, 15) is 0 Å². The average Bonchev–Trinajstić information content (AvgIpc) is 2.97. The van der Waals surface area contributed by atoms with Gasteiger partial charge in [0.1, 0.15) is 0 Å². The number of fused-ring (bicyclic) bond motifs is 2. The van der Waals surface area contributed by atoms with Crippen molar-refractivity contribution in [1.82, 2.24) is 8.80 Å². The molecule has 4 heterocycles. The summed E-state index contributed by atoms with van der Waals surface area (Å²) < 4.78 is 4.42. The molecule has 2 heteroatoms. The zero-order chi connectivity index (χ0) is 10.3. The van der Waals surface area contributed by atoms with Crippen LogP contribution in [0.3, 0.4) is 0 Å². The summed E-state index contributed by atoms with van der Waals surface area (Å²) in [7, 11) is 0. The van der Waals surface area contributed by atoms with E-state index in [1.807, 2.05) is 0 Å². The van der Waals surface area contributed by atoms with Gasteiger partial charge in [-0.3, -0.25) is 0 Å². The second kappa shape index (κ2) is 2.00. The van der Waals surface area contributed by atoms with Gasteiger partial charge < -0.3 is 8.80 Å². The molecule has 0 aliphatic heterocycles. The largest absolute Gasteiger partial charge is 0.323 e. The van der Waals surface area contributed by atoms with Crippen molar-refractivity contribution >= 4 is 32.6 Å². The van der Waals surface area contributed by atoms with Gasteiger partial charge in [0.25, 0.3) is 0 Å². The molecule has 4 aromatic heterocycles. The highest BCUT2D eigenvalue weighted by Crippen LogP contribution is 2.37. The highest BCUT2D eigenvalue weighted by atomic mass is 14.9. The van der Waals surface area contributed by atoms with Crippen LogP contribution in [0.15, 0.2) is 49.1 Å². The van der Waals surface area contributed by atoms with Crippen LogP contribution in [0.2, 0.25) is 0 Å². The van der Waals surface area contributed by atoms with Gasteiger partial charge >= 0.3 is 0 Å². The standard InChI is InChI=1S/C14H8N2/c1-5-15-6-3-11-12-4-8-16-7-2-10(14(12)16)9(1)13(11)15/h1-8H. The fraction of sp³-hybridized carbons (Fsp3) is 0. The molecule has 0 unspecified atom stereocenters. The predicted octanol–water partition coefficient (Wildman–Crippen LogP) is 3.37. The maximum Gasteiger partial charge on any atom is 0.0609 e. The number of nitrogens with zero attached hydrogens (tertiary/aromatic N) is 2. The van der Waals surface area contributed by atoms with E-state index in [4.69, 9.17) is 0 Å². The van der Waals surface area contributed by atoms with Crippen LogP contribution in [-0.2, 0) is 0 Å². The van der Waals surface area contributed by atoms with Crippen molar-refractivity contribution < 1.29 is 0 Å². The molecule has 0 atom stereocenters. The van der Waals surface area contributed by atoms with Gasteiger partial charge in [-0.15, -0.1) is 0 Å². The van der Waals surface area contributed by atoms with E-state index in [2.05, 4.69) is 57.9 Å². The summed E-state index contributed by atoms with van der Waals surface area (Å²) in [6, 6.07) is 8.85. The topological polar surface area (TPSA) is 8.82 Å². The first-order valence-corrected chi connectivity index (χ1v) is 5.47. The van der Waals surface area contributed by atoms with E-state index in [0.29, 0.717) is 0 Å². The zero-order valence-electron chi connectivity index (χ0n) is 8.51. The monoisotopic (exact) mass is 204 g/mol. The maximum absolute atomic E-state index is 2.21. The van der Waals surface area contributed by atoms with Crippen molar-refractivity contribution in [2.75, 3.05) is 0 Å². The SMILES string of the molecule is c1cn2ccc3c4ccn5ccc(c1c32)c45. The second-order valence-electron chi connectivity index (χ2n) is 4.43. The predicted molar refractivity (Wildman–Crippen MR) is 65.7 cm³/mol. The van der Waals surface area contributed by atoms with Crippen LogP contribution in [-0.4, -0.2) is 8.80 Å². The molecule has 16 heavy (non-hydrogen) atoms. The molecule has 2 nitrogen and oxygen atoms in total. The van der Waals surface area contributed by atoms with Gasteiger partial charge in [0.2, 0.25) is 0 Å². The van der Waals surface area contributed by atoms with Crippen molar-refractivity contribution in [1.29, 1.82) is 0 Å². The Morgan fingerprint density at radius 1 is 0.500 bits per heavy atom. The average molecular weight is 204 g/mol. The minimum absolute atomic E-state index is 1.35. The summed E-state index contributed by atoms with van der Waals surface area (Å²) in [5, 5.41) is 5.45. The third kappa shape index (κ3) is 0.552. The van der Waals surface area contributed by atoms with Crippen LogP contribution in [0.4, 0.5) is 0 Å². The van der Waals surface area contributed by atoms with Crippen molar-refractivity contribution in [2.24, 2.45) is 0 Å². The second-order valence-corrected chi connectivity index (χ2v) is 4.43. The Balaban J connectivity index is 2.42. The van der Waals surface area contributed by atoms with E-state index in [1.54, 1.807) is 0 Å². The first-order valence-electron chi connectivity index (χ1n) is 5.47. The Labute approximate surface area is 91.0 Å². The van der Waals surface area contributed by atoms with E-state index in [1.165, 1.54) is 32.6 Å². The molecule has 0 amide bonds. The Morgan fingerprint density at radius 3 is 1.12 bits per heavy atom. The molecule has 5 rings (SSSR count). The van der Waals surface area contributed by atoms with Gasteiger partial charge in [0, 0.05) is 46.3 Å². The smallest absolute Gasteiger partial charge is 0.0609 e. The molecule has 74 valence electrons. The number of rotatable bonds is 0. The molecular formula is C14H8N2. The van der Waals surface area contributed by atoms with Crippen LogP contribution in [0.25, 0.3) is 32.6 Å². The molecule has 0 aliphatic rings. The molecule has 0 bridgehead atoms. The van der Waals surface area contributed by atoms with Crippen LogP contribution in [0, 0.1) is 0 Å². The molecule has 0 spiro atoms. The molecule has 5 aromatic rings. The van der Waals surface area contributed by atoms with Crippen molar-refractivity contribution in [3.63, 3.8) is 0 Å². The molecule has 0 fully saturated rings. The normalized spacial score (nSPS) is 13.0. The van der Waals surface area contributed by atoms with Crippen LogP contribution < -0.4 is 0 Å². The third-order valence-corrected chi connectivity index (χ3v) is 3.72. The van der Waals surface area contributed by atoms with Crippen molar-refractivity contribution in [3.8, 4) is 0 Å². The summed E-state index contributed by atoms with van der Waals surface area (Å²) in [6.45, 7) is 0. The zero-order valence-corrected chi connectivity index (χ0v) is 8.51. The van der Waals surface area contributed by atoms with E-state index < -0.39 is 0 Å².